The predicted molar refractivity (Wildman–Crippen MR) is 117 cm³/mol. The van der Waals surface area contributed by atoms with Gasteiger partial charge in [-0.25, -0.2) is 8.78 Å². The van der Waals surface area contributed by atoms with Crippen molar-refractivity contribution >= 4 is 29.9 Å². The number of rotatable bonds is 6. The van der Waals surface area contributed by atoms with Gasteiger partial charge in [-0.05, 0) is 44.4 Å². The van der Waals surface area contributed by atoms with Gasteiger partial charge in [-0.1, -0.05) is 19.4 Å². The maximum atomic E-state index is 13.9. The molecule has 152 valence electrons. The maximum absolute atomic E-state index is 13.9. The third-order valence-electron chi connectivity index (χ3n) is 5.46. The highest BCUT2D eigenvalue weighted by Gasteiger charge is 2.42. The summed E-state index contributed by atoms with van der Waals surface area (Å²) in [5.41, 5.74) is 0.199. The number of benzene rings is 1. The largest absolute Gasteiger partial charge is 0.354 e. The van der Waals surface area contributed by atoms with Crippen LogP contribution in [0.2, 0.25) is 0 Å². The second-order valence-corrected chi connectivity index (χ2v) is 7.41. The van der Waals surface area contributed by atoms with Crippen LogP contribution < -0.4 is 10.6 Å². The third kappa shape index (κ3) is 6.01. The number of hydrogen-bond acceptors (Lipinski definition) is 2. The van der Waals surface area contributed by atoms with Crippen molar-refractivity contribution in [2.45, 2.75) is 57.0 Å². The topological polar surface area (TPSA) is 39.7 Å². The number of piperidine rings is 1. The van der Waals surface area contributed by atoms with Gasteiger partial charge in [-0.15, -0.1) is 24.0 Å². The molecule has 0 amide bonds. The minimum Gasteiger partial charge on any atom is -0.354 e. The summed E-state index contributed by atoms with van der Waals surface area (Å²) in [7, 11) is 1.74. The molecule has 0 aromatic heterocycles. The molecule has 2 N–H and O–H groups in total. The molecule has 1 aliphatic heterocycles. The van der Waals surface area contributed by atoms with Gasteiger partial charge in [0.2, 0.25) is 0 Å². The first kappa shape index (κ1) is 22.3. The fourth-order valence-corrected chi connectivity index (χ4v) is 3.76. The number of unbranched alkanes of at least 4 members (excludes halogenated alkanes) is 1. The summed E-state index contributed by atoms with van der Waals surface area (Å²) in [5, 5.41) is 6.81. The summed E-state index contributed by atoms with van der Waals surface area (Å²) in [4.78, 5) is 6.82. The smallest absolute Gasteiger partial charge is 0.191 e. The molecule has 1 heterocycles. The standard InChI is InChI=1S/C20H30F2N4.HI/c1-3-4-10-26-11-8-14(9-12-26)24-20(23-2)25-18-13-15(18)19-16(21)6-5-7-17(19)22;/h5-7,14-15,18H,3-4,8-13H2,1-2H3,(H2,23,24,25);1H. The van der Waals surface area contributed by atoms with E-state index in [9.17, 15) is 8.78 Å². The van der Waals surface area contributed by atoms with Crippen LogP contribution in [0.15, 0.2) is 23.2 Å². The number of guanidine groups is 1. The summed E-state index contributed by atoms with van der Waals surface area (Å²) < 4.78 is 27.8. The number of aliphatic imine (C=N–C) groups is 1. The maximum Gasteiger partial charge on any atom is 0.191 e. The SMILES string of the molecule is CCCCN1CCC(NC(=NC)NC2CC2c2c(F)cccc2F)CC1.I. The number of halogens is 3. The second kappa shape index (κ2) is 10.5. The Labute approximate surface area is 178 Å². The van der Waals surface area contributed by atoms with Crippen molar-refractivity contribution in [3.05, 3.63) is 35.4 Å². The van der Waals surface area contributed by atoms with Gasteiger partial charge >= 0.3 is 0 Å². The van der Waals surface area contributed by atoms with E-state index >= 15 is 0 Å². The van der Waals surface area contributed by atoms with Gasteiger partial charge in [0.1, 0.15) is 11.6 Å². The second-order valence-electron chi connectivity index (χ2n) is 7.41. The van der Waals surface area contributed by atoms with Crippen LogP contribution in [0.5, 0.6) is 0 Å². The molecule has 3 rings (SSSR count). The van der Waals surface area contributed by atoms with Gasteiger partial charge in [0.05, 0.1) is 0 Å². The molecule has 2 fully saturated rings. The minimum atomic E-state index is -0.457. The van der Waals surface area contributed by atoms with Crippen LogP contribution in [0.25, 0.3) is 0 Å². The molecule has 7 heteroatoms. The van der Waals surface area contributed by atoms with E-state index in [-0.39, 0.29) is 41.5 Å². The number of nitrogens with one attached hydrogen (secondary N) is 2. The molecule has 0 spiro atoms. The molecule has 1 saturated heterocycles. The summed E-state index contributed by atoms with van der Waals surface area (Å²) in [6.07, 6.45) is 5.42. The van der Waals surface area contributed by atoms with Crippen molar-refractivity contribution in [3.63, 3.8) is 0 Å². The summed E-state index contributed by atoms with van der Waals surface area (Å²) in [6.45, 7) is 5.64. The van der Waals surface area contributed by atoms with E-state index in [0.29, 0.717) is 6.04 Å². The first-order valence-corrected chi connectivity index (χ1v) is 9.78. The van der Waals surface area contributed by atoms with Gasteiger partial charge < -0.3 is 15.5 Å². The first-order chi connectivity index (χ1) is 12.6. The molecule has 2 unspecified atom stereocenters. The Balaban J connectivity index is 0.00000261. The highest BCUT2D eigenvalue weighted by atomic mass is 127. The highest BCUT2D eigenvalue weighted by molar-refractivity contribution is 14.0. The lowest BCUT2D eigenvalue weighted by Gasteiger charge is -2.33. The van der Waals surface area contributed by atoms with Gasteiger partial charge in [0.25, 0.3) is 0 Å². The fraction of sp³-hybridized carbons (Fsp3) is 0.650. The van der Waals surface area contributed by atoms with E-state index in [2.05, 4.69) is 27.4 Å². The lowest BCUT2D eigenvalue weighted by molar-refractivity contribution is 0.203. The molecule has 4 nitrogen and oxygen atoms in total. The van der Waals surface area contributed by atoms with Gasteiger partial charge in [-0.3, -0.25) is 4.99 Å². The Morgan fingerprint density at radius 3 is 2.44 bits per heavy atom. The molecule has 1 saturated carbocycles. The van der Waals surface area contributed by atoms with Crippen molar-refractivity contribution < 1.29 is 8.78 Å². The monoisotopic (exact) mass is 492 g/mol. The van der Waals surface area contributed by atoms with E-state index in [1.807, 2.05) is 0 Å². The zero-order chi connectivity index (χ0) is 18.5. The zero-order valence-electron chi connectivity index (χ0n) is 16.2. The summed E-state index contributed by atoms with van der Waals surface area (Å²) in [5.74, 6) is -0.296. The molecular weight excluding hydrogens is 461 g/mol. The lowest BCUT2D eigenvalue weighted by atomic mass is 10.0. The van der Waals surface area contributed by atoms with E-state index < -0.39 is 11.6 Å². The molecule has 27 heavy (non-hydrogen) atoms. The average molecular weight is 492 g/mol. The van der Waals surface area contributed by atoms with Gasteiger partial charge in [0, 0.05) is 43.7 Å². The fourth-order valence-electron chi connectivity index (χ4n) is 3.76. The third-order valence-corrected chi connectivity index (χ3v) is 5.46. The molecule has 2 atom stereocenters. The van der Waals surface area contributed by atoms with Gasteiger partial charge in [0.15, 0.2) is 5.96 Å². The number of hydrogen-bond donors (Lipinski definition) is 2. The Bertz CT molecular complexity index is 612. The Morgan fingerprint density at radius 1 is 1.19 bits per heavy atom. The molecular formula is C20H31F2IN4. The van der Waals surface area contributed by atoms with Crippen LogP contribution in [-0.2, 0) is 0 Å². The molecule has 0 bridgehead atoms. The molecule has 2 aliphatic rings. The predicted octanol–water partition coefficient (Wildman–Crippen LogP) is 3.87. The summed E-state index contributed by atoms with van der Waals surface area (Å²) >= 11 is 0. The van der Waals surface area contributed by atoms with Crippen LogP contribution >= 0.6 is 24.0 Å². The Morgan fingerprint density at radius 2 is 1.85 bits per heavy atom. The molecule has 1 aromatic rings. The van der Waals surface area contributed by atoms with Crippen LogP contribution in [0.1, 0.15) is 50.5 Å². The average Bonchev–Trinajstić information content (AvgIpc) is 3.39. The lowest BCUT2D eigenvalue weighted by Crippen LogP contribution is -2.49. The van der Waals surface area contributed by atoms with E-state index in [4.69, 9.17) is 0 Å². The van der Waals surface area contributed by atoms with Crippen LogP contribution in [-0.4, -0.2) is 49.6 Å². The van der Waals surface area contributed by atoms with E-state index in [0.717, 1.165) is 38.3 Å². The summed E-state index contributed by atoms with van der Waals surface area (Å²) in [6, 6.07) is 4.51. The van der Waals surface area contributed by atoms with Crippen molar-refractivity contribution in [1.82, 2.24) is 15.5 Å². The minimum absolute atomic E-state index is 0. The van der Waals surface area contributed by atoms with Crippen molar-refractivity contribution in [1.29, 1.82) is 0 Å². The van der Waals surface area contributed by atoms with Crippen molar-refractivity contribution in [3.8, 4) is 0 Å². The number of likely N-dealkylation sites (tertiary alicyclic amines) is 1. The van der Waals surface area contributed by atoms with E-state index in [1.54, 1.807) is 7.05 Å². The molecule has 1 aliphatic carbocycles. The van der Waals surface area contributed by atoms with Crippen molar-refractivity contribution in [2.75, 3.05) is 26.7 Å². The zero-order valence-corrected chi connectivity index (χ0v) is 18.5. The first-order valence-electron chi connectivity index (χ1n) is 9.78. The van der Waals surface area contributed by atoms with Crippen molar-refractivity contribution in [2.24, 2.45) is 4.99 Å². The quantitative estimate of drug-likeness (QED) is 0.360. The highest BCUT2D eigenvalue weighted by Crippen LogP contribution is 2.43. The van der Waals surface area contributed by atoms with E-state index in [1.165, 1.54) is 37.6 Å². The van der Waals surface area contributed by atoms with Crippen LogP contribution in [0.3, 0.4) is 0 Å². The normalized spacial score (nSPS) is 23.6. The Hall–Kier alpha value is -0.960. The van der Waals surface area contributed by atoms with Crippen LogP contribution in [0, 0.1) is 11.6 Å². The molecule has 1 aromatic carbocycles. The Kier molecular flexibility index (Phi) is 8.72. The van der Waals surface area contributed by atoms with Gasteiger partial charge in [-0.2, -0.15) is 0 Å². The van der Waals surface area contributed by atoms with Crippen LogP contribution in [0.4, 0.5) is 8.78 Å². The number of nitrogens with zero attached hydrogens (tertiary/aromatic N) is 2. The molecule has 0 radical (unpaired) electrons.